The number of halogens is 1. The molecule has 0 aliphatic heterocycles. The second-order valence-corrected chi connectivity index (χ2v) is 4.96. The molecule has 0 atom stereocenters. The van der Waals surface area contributed by atoms with Gasteiger partial charge in [0.05, 0.1) is 5.56 Å². The van der Waals surface area contributed by atoms with Crippen LogP contribution in [0.1, 0.15) is 17.3 Å². The minimum absolute atomic E-state index is 0.00523. The highest BCUT2D eigenvalue weighted by Crippen LogP contribution is 2.20. The molecule has 0 fully saturated rings. The lowest BCUT2D eigenvalue weighted by molar-refractivity contribution is 0.101. The molecule has 0 radical (unpaired) electrons. The van der Waals surface area contributed by atoms with Crippen molar-refractivity contribution in [3.05, 3.63) is 29.8 Å². The summed E-state index contributed by atoms with van der Waals surface area (Å²) in [7, 11) is -3.82. The van der Waals surface area contributed by atoms with Crippen LogP contribution in [0.2, 0.25) is 0 Å². The van der Waals surface area contributed by atoms with Crippen LogP contribution in [0.4, 0.5) is 0 Å². The van der Waals surface area contributed by atoms with E-state index >= 15 is 0 Å². The average Bonchev–Trinajstić information content (AvgIpc) is 2.18. The Bertz CT molecular complexity index is 467. The second kappa shape index (κ2) is 4.63. The summed E-state index contributed by atoms with van der Waals surface area (Å²) in [6.07, 6.45) is 0. The topological polar surface area (TPSA) is 60.4 Å². The standard InChI is InChI=1S/C9H9ClO4S/c1-7(11)8-4-2-3-5-9(8)14-15(12,13)6-10/h2-5H,6H2,1H3. The van der Waals surface area contributed by atoms with Crippen molar-refractivity contribution in [2.24, 2.45) is 0 Å². The van der Waals surface area contributed by atoms with Gasteiger partial charge in [0.1, 0.15) is 0 Å². The van der Waals surface area contributed by atoms with Crippen molar-refractivity contribution >= 4 is 27.5 Å². The fraction of sp³-hybridized carbons (Fsp3) is 0.222. The first-order valence-electron chi connectivity index (χ1n) is 4.04. The van der Waals surface area contributed by atoms with E-state index in [1.165, 1.54) is 19.1 Å². The number of Topliss-reactive ketones (excluding diaryl/α,β-unsaturated/α-hetero) is 1. The Labute approximate surface area is 92.9 Å². The van der Waals surface area contributed by atoms with Crippen molar-refractivity contribution < 1.29 is 17.4 Å². The zero-order valence-electron chi connectivity index (χ0n) is 7.94. The molecule has 15 heavy (non-hydrogen) atoms. The first-order chi connectivity index (χ1) is 6.96. The highest BCUT2D eigenvalue weighted by molar-refractivity contribution is 7.88. The van der Waals surface area contributed by atoms with E-state index in [1.54, 1.807) is 12.1 Å². The summed E-state index contributed by atoms with van der Waals surface area (Å²) < 4.78 is 26.8. The average molecular weight is 249 g/mol. The van der Waals surface area contributed by atoms with Crippen molar-refractivity contribution in [3.8, 4) is 5.75 Å². The zero-order valence-corrected chi connectivity index (χ0v) is 9.51. The van der Waals surface area contributed by atoms with Gasteiger partial charge in [-0.2, -0.15) is 8.42 Å². The number of hydrogen-bond acceptors (Lipinski definition) is 4. The largest absolute Gasteiger partial charge is 0.381 e. The first-order valence-corrected chi connectivity index (χ1v) is 6.15. The summed E-state index contributed by atoms with van der Waals surface area (Å²) in [5, 5.41) is -0.654. The summed E-state index contributed by atoms with van der Waals surface area (Å²) in [5.74, 6) is -0.263. The third kappa shape index (κ3) is 3.21. The Balaban J connectivity index is 3.10. The molecule has 0 saturated carbocycles. The van der Waals surface area contributed by atoms with Crippen LogP contribution in [0.5, 0.6) is 5.75 Å². The van der Waals surface area contributed by atoms with Gasteiger partial charge in [0.15, 0.2) is 16.7 Å². The molecule has 0 spiro atoms. The van der Waals surface area contributed by atoms with Crippen LogP contribution in [0.25, 0.3) is 0 Å². The van der Waals surface area contributed by atoms with Crippen LogP contribution in [-0.2, 0) is 10.1 Å². The SMILES string of the molecule is CC(=O)c1ccccc1OS(=O)(=O)CCl. The quantitative estimate of drug-likeness (QED) is 0.463. The third-order valence-corrected chi connectivity index (χ3v) is 3.12. The summed E-state index contributed by atoms with van der Waals surface area (Å²) in [5.41, 5.74) is 0.214. The Hall–Kier alpha value is -1.07. The van der Waals surface area contributed by atoms with E-state index in [1.807, 2.05) is 0 Å². The van der Waals surface area contributed by atoms with E-state index in [4.69, 9.17) is 11.6 Å². The molecule has 1 aromatic carbocycles. The van der Waals surface area contributed by atoms with E-state index in [9.17, 15) is 13.2 Å². The molecule has 0 aromatic heterocycles. The lowest BCUT2D eigenvalue weighted by Crippen LogP contribution is -2.12. The maximum Gasteiger partial charge on any atom is 0.323 e. The predicted molar refractivity (Wildman–Crippen MR) is 56.7 cm³/mol. The third-order valence-electron chi connectivity index (χ3n) is 1.62. The molecule has 0 bridgehead atoms. The molecule has 0 aliphatic rings. The molecule has 82 valence electrons. The molecule has 0 aliphatic carbocycles. The minimum atomic E-state index is -3.82. The molecular weight excluding hydrogens is 240 g/mol. The van der Waals surface area contributed by atoms with Crippen LogP contribution in [0.3, 0.4) is 0 Å². The van der Waals surface area contributed by atoms with Crippen molar-refractivity contribution in [2.75, 3.05) is 5.21 Å². The Morgan fingerprint density at radius 3 is 2.53 bits per heavy atom. The van der Waals surface area contributed by atoms with Gasteiger partial charge < -0.3 is 4.18 Å². The van der Waals surface area contributed by atoms with E-state index in [-0.39, 0.29) is 17.1 Å². The fourth-order valence-electron chi connectivity index (χ4n) is 0.989. The number of benzene rings is 1. The Morgan fingerprint density at radius 1 is 1.40 bits per heavy atom. The molecule has 0 N–H and O–H groups in total. The van der Waals surface area contributed by atoms with E-state index in [2.05, 4.69) is 4.18 Å². The summed E-state index contributed by atoms with van der Waals surface area (Å²) >= 11 is 5.18. The van der Waals surface area contributed by atoms with Crippen LogP contribution in [0.15, 0.2) is 24.3 Å². The number of carbonyl (C=O) groups excluding carboxylic acids is 1. The van der Waals surface area contributed by atoms with Gasteiger partial charge in [-0.3, -0.25) is 4.79 Å². The van der Waals surface area contributed by atoms with E-state index < -0.39 is 15.3 Å². The van der Waals surface area contributed by atoms with Crippen molar-refractivity contribution in [3.63, 3.8) is 0 Å². The van der Waals surface area contributed by atoms with Gasteiger partial charge in [-0.05, 0) is 19.1 Å². The molecular formula is C9H9ClO4S. The number of carbonyl (C=O) groups is 1. The predicted octanol–water partition coefficient (Wildman–Crippen LogP) is 1.79. The van der Waals surface area contributed by atoms with Gasteiger partial charge in [-0.1, -0.05) is 12.1 Å². The first kappa shape index (κ1) is 12.0. The van der Waals surface area contributed by atoms with Crippen molar-refractivity contribution in [1.82, 2.24) is 0 Å². The van der Waals surface area contributed by atoms with Gasteiger partial charge in [-0.15, -0.1) is 11.6 Å². The van der Waals surface area contributed by atoms with Gasteiger partial charge in [0, 0.05) is 0 Å². The number of ketones is 1. The Kier molecular flexibility index (Phi) is 3.71. The lowest BCUT2D eigenvalue weighted by atomic mass is 10.1. The molecule has 0 saturated heterocycles. The second-order valence-electron chi connectivity index (χ2n) is 2.80. The van der Waals surface area contributed by atoms with Gasteiger partial charge in [0.2, 0.25) is 0 Å². The van der Waals surface area contributed by atoms with E-state index in [0.717, 1.165) is 0 Å². The van der Waals surface area contributed by atoms with Crippen LogP contribution >= 0.6 is 11.6 Å². The molecule has 0 amide bonds. The molecule has 1 rings (SSSR count). The summed E-state index contributed by atoms with van der Waals surface area (Å²) in [6.45, 7) is 1.33. The number of hydrogen-bond donors (Lipinski definition) is 0. The molecule has 4 nitrogen and oxygen atoms in total. The smallest absolute Gasteiger partial charge is 0.323 e. The van der Waals surface area contributed by atoms with Crippen LogP contribution in [0, 0.1) is 0 Å². The highest BCUT2D eigenvalue weighted by Gasteiger charge is 2.15. The van der Waals surface area contributed by atoms with Gasteiger partial charge >= 0.3 is 10.1 Å². The zero-order chi connectivity index (χ0) is 11.5. The number of alkyl halides is 1. The maximum absolute atomic E-state index is 11.1. The van der Waals surface area contributed by atoms with Crippen molar-refractivity contribution in [2.45, 2.75) is 6.92 Å². The monoisotopic (exact) mass is 248 g/mol. The Morgan fingerprint density at radius 2 is 2.00 bits per heavy atom. The molecule has 6 heteroatoms. The van der Waals surface area contributed by atoms with Crippen molar-refractivity contribution in [1.29, 1.82) is 0 Å². The van der Waals surface area contributed by atoms with Gasteiger partial charge in [-0.25, -0.2) is 0 Å². The fourth-order valence-corrected chi connectivity index (χ4v) is 1.59. The maximum atomic E-state index is 11.1. The summed E-state index contributed by atoms with van der Waals surface area (Å²) in [4.78, 5) is 11.1. The normalized spacial score (nSPS) is 11.1. The highest BCUT2D eigenvalue weighted by atomic mass is 35.5. The van der Waals surface area contributed by atoms with E-state index in [0.29, 0.717) is 0 Å². The minimum Gasteiger partial charge on any atom is -0.381 e. The molecule has 0 heterocycles. The number of rotatable bonds is 4. The molecule has 1 aromatic rings. The van der Waals surface area contributed by atoms with Gasteiger partial charge in [0.25, 0.3) is 0 Å². The molecule has 0 unspecified atom stereocenters. The lowest BCUT2D eigenvalue weighted by Gasteiger charge is -2.07. The number of para-hydroxylation sites is 1. The summed E-state index contributed by atoms with van der Waals surface area (Å²) in [6, 6.07) is 6.09. The van der Waals surface area contributed by atoms with Crippen LogP contribution in [-0.4, -0.2) is 19.4 Å². The van der Waals surface area contributed by atoms with Crippen LogP contribution < -0.4 is 4.18 Å².